The molecule has 2 aromatic carbocycles. The zero-order valence-electron chi connectivity index (χ0n) is 15.7. The number of rotatable bonds is 7. The Morgan fingerprint density at radius 2 is 1.72 bits per heavy atom. The van der Waals surface area contributed by atoms with Crippen molar-refractivity contribution in [2.75, 3.05) is 14.2 Å². The van der Waals surface area contributed by atoms with Crippen LogP contribution in [0.15, 0.2) is 69.8 Å². The van der Waals surface area contributed by atoms with Crippen LogP contribution in [0.25, 0.3) is 6.08 Å². The van der Waals surface area contributed by atoms with Gasteiger partial charge in [0.25, 0.3) is 0 Å². The topological polar surface area (TPSA) is 75.0 Å². The van der Waals surface area contributed by atoms with Crippen LogP contribution in [0.1, 0.15) is 26.5 Å². The van der Waals surface area contributed by atoms with E-state index in [1.807, 2.05) is 0 Å². The average molecular weight is 457 g/mol. The number of hydrogen-bond donors (Lipinski definition) is 0. The lowest BCUT2D eigenvalue weighted by Gasteiger charge is -2.08. The molecule has 0 spiro atoms. The Bertz CT molecular complexity index is 1050. The van der Waals surface area contributed by atoms with Gasteiger partial charge in [0.05, 0.1) is 26.0 Å². The van der Waals surface area contributed by atoms with E-state index < -0.39 is 5.97 Å². The van der Waals surface area contributed by atoms with Crippen LogP contribution in [0.5, 0.6) is 17.2 Å². The van der Waals surface area contributed by atoms with Crippen LogP contribution in [-0.4, -0.2) is 26.0 Å². The van der Waals surface area contributed by atoms with Gasteiger partial charge in [-0.2, -0.15) is 0 Å². The van der Waals surface area contributed by atoms with Crippen molar-refractivity contribution in [3.8, 4) is 17.2 Å². The number of ether oxygens (including phenoxy) is 3. The SMILES string of the molecule is COc1ccc(/C=C/C(=O)c2cc(Br)ccc2OC(=O)c2ccco2)cc1OC. The molecule has 0 radical (unpaired) electrons. The molecule has 0 bridgehead atoms. The largest absolute Gasteiger partial charge is 0.493 e. The molecule has 3 aromatic rings. The molecule has 0 aliphatic heterocycles. The average Bonchev–Trinajstić information content (AvgIpc) is 3.28. The number of ketones is 1. The van der Waals surface area contributed by atoms with Crippen LogP contribution in [0, 0.1) is 0 Å². The van der Waals surface area contributed by atoms with Gasteiger partial charge in [-0.15, -0.1) is 0 Å². The van der Waals surface area contributed by atoms with Crippen molar-refractivity contribution in [2.45, 2.75) is 0 Å². The molecule has 148 valence electrons. The van der Waals surface area contributed by atoms with Crippen molar-refractivity contribution >= 4 is 33.8 Å². The van der Waals surface area contributed by atoms with Gasteiger partial charge in [0.1, 0.15) is 5.75 Å². The van der Waals surface area contributed by atoms with Gasteiger partial charge in [-0.3, -0.25) is 4.79 Å². The summed E-state index contributed by atoms with van der Waals surface area (Å²) < 4.78 is 21.5. The van der Waals surface area contributed by atoms with Crippen molar-refractivity contribution in [1.29, 1.82) is 0 Å². The number of benzene rings is 2. The second-order valence-corrected chi connectivity index (χ2v) is 6.73. The summed E-state index contributed by atoms with van der Waals surface area (Å²) in [5.41, 5.74) is 0.983. The van der Waals surface area contributed by atoms with Crippen molar-refractivity contribution < 1.29 is 28.2 Å². The summed E-state index contributed by atoms with van der Waals surface area (Å²) >= 11 is 3.33. The summed E-state index contributed by atoms with van der Waals surface area (Å²) in [5.74, 6) is 0.315. The van der Waals surface area contributed by atoms with Crippen LogP contribution in [-0.2, 0) is 0 Å². The fraction of sp³-hybridized carbons (Fsp3) is 0.0909. The minimum atomic E-state index is -0.685. The fourth-order valence-corrected chi connectivity index (χ4v) is 2.91. The third-order valence-corrected chi connectivity index (χ3v) is 4.46. The van der Waals surface area contributed by atoms with Crippen molar-refractivity contribution in [3.63, 3.8) is 0 Å². The van der Waals surface area contributed by atoms with Crippen LogP contribution in [0.2, 0.25) is 0 Å². The molecule has 0 aliphatic rings. The highest BCUT2D eigenvalue weighted by molar-refractivity contribution is 9.10. The van der Waals surface area contributed by atoms with E-state index >= 15 is 0 Å². The third kappa shape index (κ3) is 4.94. The summed E-state index contributed by atoms with van der Waals surface area (Å²) in [7, 11) is 3.09. The summed E-state index contributed by atoms with van der Waals surface area (Å²) in [5, 5.41) is 0. The van der Waals surface area contributed by atoms with Crippen LogP contribution in [0.3, 0.4) is 0 Å². The second kappa shape index (κ2) is 9.25. The fourth-order valence-electron chi connectivity index (χ4n) is 2.55. The second-order valence-electron chi connectivity index (χ2n) is 5.82. The van der Waals surface area contributed by atoms with E-state index in [2.05, 4.69) is 15.9 Å². The summed E-state index contributed by atoms with van der Waals surface area (Å²) in [6.07, 6.45) is 4.41. The summed E-state index contributed by atoms with van der Waals surface area (Å²) in [4.78, 5) is 24.9. The lowest BCUT2D eigenvalue weighted by molar-refractivity contribution is 0.0699. The zero-order chi connectivity index (χ0) is 20.8. The van der Waals surface area contributed by atoms with Crippen LogP contribution < -0.4 is 14.2 Å². The zero-order valence-corrected chi connectivity index (χ0v) is 17.3. The van der Waals surface area contributed by atoms with E-state index in [1.165, 1.54) is 25.5 Å². The molecule has 0 aliphatic carbocycles. The quantitative estimate of drug-likeness (QED) is 0.211. The van der Waals surface area contributed by atoms with Crippen LogP contribution >= 0.6 is 15.9 Å². The monoisotopic (exact) mass is 456 g/mol. The molecule has 0 amide bonds. The van der Waals surface area contributed by atoms with Gasteiger partial charge in [0.15, 0.2) is 17.3 Å². The highest BCUT2D eigenvalue weighted by atomic mass is 79.9. The molecule has 0 saturated carbocycles. The normalized spacial score (nSPS) is 10.7. The minimum absolute atomic E-state index is 0.0483. The van der Waals surface area contributed by atoms with Gasteiger partial charge >= 0.3 is 5.97 Å². The van der Waals surface area contributed by atoms with Gasteiger partial charge in [-0.25, -0.2) is 4.79 Å². The number of allylic oxidation sites excluding steroid dienone is 1. The Morgan fingerprint density at radius 1 is 0.966 bits per heavy atom. The molecular formula is C22H17BrO6. The Labute approximate surface area is 175 Å². The third-order valence-electron chi connectivity index (χ3n) is 3.97. The molecular weight excluding hydrogens is 440 g/mol. The van der Waals surface area contributed by atoms with E-state index in [0.717, 1.165) is 5.56 Å². The maximum Gasteiger partial charge on any atom is 0.379 e. The highest BCUT2D eigenvalue weighted by Gasteiger charge is 2.17. The number of hydrogen-bond acceptors (Lipinski definition) is 6. The molecule has 1 aromatic heterocycles. The number of carbonyl (C=O) groups is 2. The smallest absolute Gasteiger partial charge is 0.379 e. The Kier molecular flexibility index (Phi) is 6.51. The van der Waals surface area contributed by atoms with E-state index in [9.17, 15) is 9.59 Å². The predicted molar refractivity (Wildman–Crippen MR) is 111 cm³/mol. The standard InChI is InChI=1S/C22H17BrO6/c1-26-19-9-6-14(12-21(19)27-2)5-8-17(24)16-13-15(23)7-10-18(16)29-22(25)20-4-3-11-28-20/h3-13H,1-2H3/b8-5+. The van der Waals surface area contributed by atoms with Crippen molar-refractivity contribution in [3.05, 3.63) is 82.2 Å². The Hall–Kier alpha value is -3.32. The van der Waals surface area contributed by atoms with Gasteiger partial charge < -0.3 is 18.6 Å². The molecule has 7 heteroatoms. The number of furan rings is 1. The first-order valence-corrected chi connectivity index (χ1v) is 9.31. The number of esters is 1. The molecule has 0 unspecified atom stereocenters. The number of halogens is 1. The highest BCUT2D eigenvalue weighted by Crippen LogP contribution is 2.29. The molecule has 0 N–H and O–H groups in total. The molecule has 29 heavy (non-hydrogen) atoms. The first kappa shape index (κ1) is 20.4. The molecule has 0 saturated heterocycles. The van der Waals surface area contributed by atoms with E-state index in [0.29, 0.717) is 16.0 Å². The lowest BCUT2D eigenvalue weighted by Crippen LogP contribution is -2.10. The molecule has 1 heterocycles. The molecule has 6 nitrogen and oxygen atoms in total. The minimum Gasteiger partial charge on any atom is -0.493 e. The first-order chi connectivity index (χ1) is 14.0. The molecule has 0 fully saturated rings. The lowest BCUT2D eigenvalue weighted by atomic mass is 10.1. The maximum atomic E-state index is 12.8. The van der Waals surface area contributed by atoms with Crippen molar-refractivity contribution in [2.24, 2.45) is 0 Å². The molecule has 0 atom stereocenters. The van der Waals surface area contributed by atoms with Gasteiger partial charge in [0.2, 0.25) is 5.76 Å². The summed E-state index contributed by atoms with van der Waals surface area (Å²) in [6, 6.07) is 13.2. The first-order valence-electron chi connectivity index (χ1n) is 8.51. The Morgan fingerprint density at radius 3 is 2.41 bits per heavy atom. The maximum absolute atomic E-state index is 12.8. The van der Waals surface area contributed by atoms with Gasteiger partial charge in [-0.1, -0.05) is 28.1 Å². The van der Waals surface area contributed by atoms with Gasteiger partial charge in [-0.05, 0) is 54.1 Å². The predicted octanol–water partition coefficient (Wildman–Crippen LogP) is 5.17. The number of carbonyl (C=O) groups excluding carboxylic acids is 2. The van der Waals surface area contributed by atoms with E-state index in [-0.39, 0.29) is 22.9 Å². The van der Waals surface area contributed by atoms with E-state index in [1.54, 1.807) is 55.7 Å². The Balaban J connectivity index is 1.84. The summed E-state index contributed by atoms with van der Waals surface area (Å²) in [6.45, 7) is 0. The molecule has 3 rings (SSSR count). The van der Waals surface area contributed by atoms with Gasteiger partial charge in [0, 0.05) is 4.47 Å². The van der Waals surface area contributed by atoms with Crippen LogP contribution in [0.4, 0.5) is 0 Å². The number of methoxy groups -OCH3 is 2. The van der Waals surface area contributed by atoms with E-state index in [4.69, 9.17) is 18.6 Å². The van der Waals surface area contributed by atoms with Crippen molar-refractivity contribution in [1.82, 2.24) is 0 Å².